The van der Waals surface area contributed by atoms with Crippen LogP contribution < -0.4 is 10.6 Å². The molecule has 7 rings (SSSR count). The maximum Gasteiger partial charge on any atom is 0.251 e. The molecule has 0 radical (unpaired) electrons. The van der Waals surface area contributed by atoms with Crippen LogP contribution in [0.15, 0.2) is 52.3 Å². The van der Waals surface area contributed by atoms with Gasteiger partial charge >= 0.3 is 0 Å². The first-order chi connectivity index (χ1) is 17.2. The van der Waals surface area contributed by atoms with Crippen LogP contribution in [-0.2, 0) is 27.9 Å². The van der Waals surface area contributed by atoms with E-state index in [1.54, 1.807) is 18.2 Å². The van der Waals surface area contributed by atoms with Crippen LogP contribution in [0.5, 0.6) is 0 Å². The zero-order valence-corrected chi connectivity index (χ0v) is 21.0. The van der Waals surface area contributed by atoms with E-state index >= 15 is 0 Å². The standard InChI is InChI=1S/C27H31N3O5S/c1-2-24(31)29-25-10-21-14-30(15-23(21)35-25)36(33,34)22-5-3-20(4-6-22)26(32)28-16-27-11-17-7-18(12-27)9-19(8-17)13-27/h2-6,10,17-19H,1,7-9,11-16H2,(H,28,32)(H,29,31). The smallest absolute Gasteiger partial charge is 0.251 e. The van der Waals surface area contributed by atoms with Gasteiger partial charge in [0.25, 0.3) is 5.91 Å². The molecule has 2 heterocycles. The number of anilines is 1. The van der Waals surface area contributed by atoms with Crippen molar-refractivity contribution in [1.29, 1.82) is 0 Å². The van der Waals surface area contributed by atoms with Gasteiger partial charge in [-0.3, -0.25) is 14.9 Å². The van der Waals surface area contributed by atoms with Gasteiger partial charge in [-0.15, -0.1) is 0 Å². The van der Waals surface area contributed by atoms with Crippen molar-refractivity contribution in [3.05, 3.63) is 59.9 Å². The summed E-state index contributed by atoms with van der Waals surface area (Å²) in [6.07, 6.45) is 8.93. The molecule has 5 aliphatic rings. The molecule has 4 fully saturated rings. The summed E-state index contributed by atoms with van der Waals surface area (Å²) in [6.45, 7) is 4.34. The summed E-state index contributed by atoms with van der Waals surface area (Å²) >= 11 is 0. The van der Waals surface area contributed by atoms with Crippen LogP contribution in [0, 0.1) is 23.2 Å². The highest BCUT2D eigenvalue weighted by Gasteiger charge is 2.50. The minimum absolute atomic E-state index is 0.0783. The molecule has 36 heavy (non-hydrogen) atoms. The Labute approximate surface area is 211 Å². The van der Waals surface area contributed by atoms with Gasteiger partial charge in [0, 0.05) is 30.3 Å². The molecular formula is C27H31N3O5S. The van der Waals surface area contributed by atoms with Gasteiger partial charge < -0.3 is 9.73 Å². The topological polar surface area (TPSA) is 109 Å². The van der Waals surface area contributed by atoms with Gasteiger partial charge in [-0.2, -0.15) is 4.31 Å². The number of benzene rings is 1. The van der Waals surface area contributed by atoms with Gasteiger partial charge in [0.2, 0.25) is 15.9 Å². The predicted octanol–water partition coefficient (Wildman–Crippen LogP) is 4.05. The molecule has 0 spiro atoms. The van der Waals surface area contributed by atoms with E-state index in [1.807, 2.05) is 0 Å². The minimum atomic E-state index is -3.76. The molecule has 0 unspecified atom stereocenters. The highest BCUT2D eigenvalue weighted by molar-refractivity contribution is 7.89. The van der Waals surface area contributed by atoms with E-state index in [-0.39, 0.29) is 35.2 Å². The molecule has 2 amide bonds. The van der Waals surface area contributed by atoms with Gasteiger partial charge in [0.1, 0.15) is 5.76 Å². The molecule has 0 saturated heterocycles. The second-order valence-corrected chi connectivity index (χ2v) is 13.1. The molecular weight excluding hydrogens is 478 g/mol. The first-order valence-electron chi connectivity index (χ1n) is 12.7. The Kier molecular flexibility index (Phi) is 5.60. The average Bonchev–Trinajstić information content (AvgIpc) is 3.41. The predicted molar refractivity (Wildman–Crippen MR) is 133 cm³/mol. The van der Waals surface area contributed by atoms with E-state index in [0.29, 0.717) is 23.4 Å². The lowest BCUT2D eigenvalue weighted by molar-refractivity contribution is -0.112. The van der Waals surface area contributed by atoms with Crippen molar-refractivity contribution < 1.29 is 22.4 Å². The summed E-state index contributed by atoms with van der Waals surface area (Å²) in [5.41, 5.74) is 1.43. The second-order valence-electron chi connectivity index (χ2n) is 11.2. The number of furan rings is 1. The van der Waals surface area contributed by atoms with Crippen molar-refractivity contribution in [2.75, 3.05) is 11.9 Å². The number of rotatable bonds is 7. The average molecular weight is 510 g/mol. The lowest BCUT2D eigenvalue weighted by Gasteiger charge is -2.56. The largest absolute Gasteiger partial charge is 0.444 e. The Bertz CT molecular complexity index is 1270. The van der Waals surface area contributed by atoms with Crippen LogP contribution in [0.1, 0.15) is 60.2 Å². The van der Waals surface area contributed by atoms with Gasteiger partial charge in [-0.25, -0.2) is 8.42 Å². The number of hydrogen-bond acceptors (Lipinski definition) is 5. The third kappa shape index (κ3) is 4.18. The van der Waals surface area contributed by atoms with E-state index in [1.165, 1.54) is 55.0 Å². The molecule has 8 nitrogen and oxygen atoms in total. The van der Waals surface area contributed by atoms with E-state index in [4.69, 9.17) is 4.42 Å². The van der Waals surface area contributed by atoms with E-state index in [0.717, 1.165) is 23.8 Å². The lowest BCUT2D eigenvalue weighted by atomic mass is 9.49. The molecule has 4 saturated carbocycles. The first-order valence-corrected chi connectivity index (χ1v) is 14.1. The quantitative estimate of drug-likeness (QED) is 0.548. The van der Waals surface area contributed by atoms with Crippen LogP contribution >= 0.6 is 0 Å². The SMILES string of the molecule is C=CC(=O)Nc1cc2c(o1)CN(S(=O)(=O)c1ccc(C(=O)NCC34CC5CC(CC(C5)C3)C4)cc1)C2. The number of sulfonamides is 1. The number of carbonyl (C=O) groups excluding carboxylic acids is 2. The number of amides is 2. The molecule has 0 atom stereocenters. The molecule has 2 N–H and O–H groups in total. The highest BCUT2D eigenvalue weighted by Crippen LogP contribution is 2.59. The van der Waals surface area contributed by atoms with E-state index in [9.17, 15) is 18.0 Å². The van der Waals surface area contributed by atoms with Gasteiger partial charge in [-0.05, 0) is 92.0 Å². The number of carbonyl (C=O) groups is 2. The third-order valence-corrected chi connectivity index (χ3v) is 10.3. The van der Waals surface area contributed by atoms with Gasteiger partial charge in [0.05, 0.1) is 11.4 Å². The van der Waals surface area contributed by atoms with Crippen LogP contribution in [0.25, 0.3) is 0 Å². The molecule has 4 aliphatic carbocycles. The normalized spacial score (nSPS) is 28.6. The van der Waals surface area contributed by atoms with Gasteiger partial charge in [0.15, 0.2) is 5.88 Å². The third-order valence-electron chi connectivity index (χ3n) is 8.54. The number of fused-ring (bicyclic) bond motifs is 1. The summed E-state index contributed by atoms with van der Waals surface area (Å²) in [6, 6.07) is 7.77. The fraction of sp³-hybridized carbons (Fsp3) is 0.481. The Morgan fingerprint density at radius 3 is 2.28 bits per heavy atom. The van der Waals surface area contributed by atoms with Crippen molar-refractivity contribution >= 4 is 27.7 Å². The van der Waals surface area contributed by atoms with Crippen molar-refractivity contribution in [3.8, 4) is 0 Å². The molecule has 4 bridgehead atoms. The Morgan fingerprint density at radius 2 is 1.69 bits per heavy atom. The van der Waals surface area contributed by atoms with Crippen LogP contribution in [-0.4, -0.2) is 31.1 Å². The maximum absolute atomic E-state index is 13.2. The number of nitrogens with one attached hydrogen (secondary N) is 2. The zero-order valence-electron chi connectivity index (χ0n) is 20.2. The summed E-state index contributed by atoms with van der Waals surface area (Å²) in [5.74, 6) is 2.72. The summed E-state index contributed by atoms with van der Waals surface area (Å²) < 4.78 is 33.3. The summed E-state index contributed by atoms with van der Waals surface area (Å²) in [5, 5.41) is 5.69. The molecule has 1 aliphatic heterocycles. The van der Waals surface area contributed by atoms with Gasteiger partial charge in [-0.1, -0.05) is 6.58 Å². The monoisotopic (exact) mass is 509 g/mol. The number of hydrogen-bond donors (Lipinski definition) is 2. The van der Waals surface area contributed by atoms with Crippen LogP contribution in [0.2, 0.25) is 0 Å². The molecule has 1 aromatic carbocycles. The van der Waals surface area contributed by atoms with E-state index in [2.05, 4.69) is 17.2 Å². The maximum atomic E-state index is 13.2. The molecule has 9 heteroatoms. The summed E-state index contributed by atoms with van der Waals surface area (Å²) in [4.78, 5) is 24.5. The fourth-order valence-corrected chi connectivity index (χ4v) is 8.72. The lowest BCUT2D eigenvalue weighted by Crippen LogP contribution is -2.51. The Balaban J connectivity index is 1.08. The summed E-state index contributed by atoms with van der Waals surface area (Å²) in [7, 11) is -3.76. The molecule has 190 valence electrons. The van der Waals surface area contributed by atoms with Crippen LogP contribution in [0.4, 0.5) is 5.88 Å². The van der Waals surface area contributed by atoms with Crippen molar-refractivity contribution in [3.63, 3.8) is 0 Å². The minimum Gasteiger partial charge on any atom is -0.444 e. The van der Waals surface area contributed by atoms with E-state index < -0.39 is 15.9 Å². The van der Waals surface area contributed by atoms with Crippen molar-refractivity contribution in [2.45, 2.75) is 56.5 Å². The Hall–Kier alpha value is -2.91. The molecule has 2 aromatic rings. The first kappa shape index (κ1) is 23.5. The van der Waals surface area contributed by atoms with Crippen LogP contribution in [0.3, 0.4) is 0 Å². The molecule has 1 aromatic heterocycles. The zero-order chi connectivity index (χ0) is 25.1. The fourth-order valence-electron chi connectivity index (χ4n) is 7.35. The van der Waals surface area contributed by atoms with Crippen molar-refractivity contribution in [2.24, 2.45) is 23.2 Å². The van der Waals surface area contributed by atoms with Crippen molar-refractivity contribution in [1.82, 2.24) is 9.62 Å². The Morgan fingerprint density at radius 1 is 1.06 bits per heavy atom. The number of nitrogens with zero attached hydrogens (tertiary/aromatic N) is 1. The highest BCUT2D eigenvalue weighted by atomic mass is 32.2. The second kappa shape index (κ2) is 8.59.